The quantitative estimate of drug-likeness (QED) is 0.755. The van der Waals surface area contributed by atoms with Gasteiger partial charge in [-0.2, -0.15) is 5.26 Å². The van der Waals surface area contributed by atoms with Crippen LogP contribution in [-0.2, 0) is 6.61 Å². The molecule has 1 N–H and O–H groups in total. The number of aliphatic hydroxyl groups excluding tert-OH is 1. The second-order valence-electron chi connectivity index (χ2n) is 2.36. The number of hydrogen-bond donors (Lipinski definition) is 1. The molecule has 0 atom stereocenters. The van der Waals surface area contributed by atoms with Gasteiger partial charge in [-0.05, 0) is 17.7 Å². The molecule has 0 unspecified atom stereocenters. The molecule has 68 valence electrons. The lowest BCUT2D eigenvalue weighted by atomic mass is 10.2. The Morgan fingerprint density at radius 1 is 1.54 bits per heavy atom. The van der Waals surface area contributed by atoms with Crippen molar-refractivity contribution >= 4 is 0 Å². The number of alkyl halides is 2. The van der Waals surface area contributed by atoms with Crippen LogP contribution in [-0.4, -0.2) is 10.1 Å². The van der Waals surface area contributed by atoms with Crippen LogP contribution in [0.4, 0.5) is 8.78 Å². The van der Waals surface area contributed by atoms with Gasteiger partial charge in [0.15, 0.2) is 0 Å². The monoisotopic (exact) mass is 184 g/mol. The Labute approximate surface area is 73.3 Å². The van der Waals surface area contributed by atoms with E-state index in [0.717, 1.165) is 6.07 Å². The van der Waals surface area contributed by atoms with E-state index < -0.39 is 12.1 Å². The fourth-order valence-corrected chi connectivity index (χ4v) is 0.871. The molecule has 1 aromatic heterocycles. The Bertz CT molecular complexity index is 346. The predicted octanol–water partition coefficient (Wildman–Crippen LogP) is 1.38. The molecular weight excluding hydrogens is 178 g/mol. The maximum Gasteiger partial charge on any atom is 0.280 e. The van der Waals surface area contributed by atoms with Crippen LogP contribution in [0.5, 0.6) is 0 Å². The van der Waals surface area contributed by atoms with Crippen molar-refractivity contribution in [3.63, 3.8) is 0 Å². The van der Waals surface area contributed by atoms with E-state index in [1.165, 1.54) is 6.07 Å². The lowest BCUT2D eigenvalue weighted by Gasteiger charge is -2.01. The highest BCUT2D eigenvalue weighted by Crippen LogP contribution is 2.18. The van der Waals surface area contributed by atoms with Crippen LogP contribution in [0.2, 0.25) is 0 Å². The molecule has 0 saturated carbocycles. The molecule has 0 fully saturated rings. The number of halogens is 2. The zero-order valence-electron chi connectivity index (χ0n) is 6.54. The summed E-state index contributed by atoms with van der Waals surface area (Å²) in [6.45, 7) is -0.378. The molecule has 0 aromatic carbocycles. The van der Waals surface area contributed by atoms with Crippen molar-refractivity contribution in [2.24, 2.45) is 0 Å². The first-order valence-corrected chi connectivity index (χ1v) is 3.47. The maximum atomic E-state index is 12.1. The molecule has 0 saturated heterocycles. The first kappa shape index (κ1) is 9.55. The Morgan fingerprint density at radius 3 is 2.69 bits per heavy atom. The molecule has 0 amide bonds. The molecule has 0 bridgehead atoms. The molecule has 5 heteroatoms. The van der Waals surface area contributed by atoms with Gasteiger partial charge in [0, 0.05) is 0 Å². The van der Waals surface area contributed by atoms with Crippen molar-refractivity contribution in [2.75, 3.05) is 0 Å². The number of hydrogen-bond acceptors (Lipinski definition) is 3. The van der Waals surface area contributed by atoms with Gasteiger partial charge in [0.25, 0.3) is 6.43 Å². The van der Waals surface area contributed by atoms with Gasteiger partial charge >= 0.3 is 0 Å². The van der Waals surface area contributed by atoms with Crippen LogP contribution >= 0.6 is 0 Å². The van der Waals surface area contributed by atoms with Crippen LogP contribution in [0, 0.1) is 11.3 Å². The number of pyridine rings is 1. The average molecular weight is 184 g/mol. The summed E-state index contributed by atoms with van der Waals surface area (Å²) in [5, 5.41) is 17.1. The molecule has 3 nitrogen and oxygen atoms in total. The van der Waals surface area contributed by atoms with Crippen molar-refractivity contribution in [3.05, 3.63) is 29.1 Å². The third-order valence-electron chi connectivity index (χ3n) is 1.43. The van der Waals surface area contributed by atoms with Gasteiger partial charge in [0.2, 0.25) is 0 Å². The summed E-state index contributed by atoms with van der Waals surface area (Å²) < 4.78 is 24.3. The van der Waals surface area contributed by atoms with Gasteiger partial charge in [-0.1, -0.05) is 0 Å². The van der Waals surface area contributed by atoms with Gasteiger partial charge in [0.05, 0.1) is 6.61 Å². The van der Waals surface area contributed by atoms with E-state index in [9.17, 15) is 8.78 Å². The van der Waals surface area contributed by atoms with E-state index in [1.54, 1.807) is 6.07 Å². The summed E-state index contributed by atoms with van der Waals surface area (Å²) in [4.78, 5) is 3.38. The Balaban J connectivity index is 3.17. The minimum absolute atomic E-state index is 0.109. The molecule has 13 heavy (non-hydrogen) atoms. The molecule has 1 heterocycles. The molecule has 1 rings (SSSR count). The van der Waals surface area contributed by atoms with Gasteiger partial charge in [-0.25, -0.2) is 13.8 Å². The molecule has 0 aliphatic heterocycles. The summed E-state index contributed by atoms with van der Waals surface area (Å²) in [5.41, 5.74) is -0.327. The fourth-order valence-electron chi connectivity index (χ4n) is 0.871. The number of nitriles is 1. The molecule has 0 aliphatic carbocycles. The van der Waals surface area contributed by atoms with Crippen molar-refractivity contribution < 1.29 is 13.9 Å². The number of nitrogens with zero attached hydrogens (tertiary/aromatic N) is 2. The second kappa shape index (κ2) is 3.92. The van der Waals surface area contributed by atoms with E-state index in [1.807, 2.05) is 0 Å². The summed E-state index contributed by atoms with van der Waals surface area (Å²) in [6.07, 6.45) is -2.72. The second-order valence-corrected chi connectivity index (χ2v) is 2.36. The minimum atomic E-state index is -2.72. The average Bonchev–Trinajstić information content (AvgIpc) is 2.16. The SMILES string of the molecule is N#Cc1cc(CO)cc(C(F)F)n1. The number of aliphatic hydroxyl groups is 1. The standard InChI is InChI=1S/C8H6F2N2O/c9-8(10)7-2-5(4-13)1-6(3-11)12-7/h1-2,8,13H,4H2. The van der Waals surface area contributed by atoms with E-state index in [-0.39, 0.29) is 17.9 Å². The smallest absolute Gasteiger partial charge is 0.280 e. The number of aromatic nitrogens is 1. The first-order valence-electron chi connectivity index (χ1n) is 3.47. The zero-order chi connectivity index (χ0) is 9.84. The highest BCUT2D eigenvalue weighted by Gasteiger charge is 2.11. The van der Waals surface area contributed by atoms with Crippen LogP contribution in [0.3, 0.4) is 0 Å². The van der Waals surface area contributed by atoms with E-state index >= 15 is 0 Å². The molecule has 1 aromatic rings. The van der Waals surface area contributed by atoms with E-state index in [4.69, 9.17) is 10.4 Å². The zero-order valence-corrected chi connectivity index (χ0v) is 6.54. The lowest BCUT2D eigenvalue weighted by molar-refractivity contribution is 0.145. The van der Waals surface area contributed by atoms with Gasteiger partial charge in [-0.15, -0.1) is 0 Å². The topological polar surface area (TPSA) is 56.9 Å². The van der Waals surface area contributed by atoms with Crippen molar-refractivity contribution in [2.45, 2.75) is 13.0 Å². The molecule has 0 aliphatic rings. The molecule has 0 radical (unpaired) electrons. The third-order valence-corrected chi connectivity index (χ3v) is 1.43. The molecular formula is C8H6F2N2O. The highest BCUT2D eigenvalue weighted by atomic mass is 19.3. The Morgan fingerprint density at radius 2 is 2.23 bits per heavy atom. The van der Waals surface area contributed by atoms with Crippen molar-refractivity contribution in [1.82, 2.24) is 4.98 Å². The molecule has 0 spiro atoms. The van der Waals surface area contributed by atoms with Gasteiger partial charge in [0.1, 0.15) is 17.5 Å². The maximum absolute atomic E-state index is 12.1. The van der Waals surface area contributed by atoms with Crippen LogP contribution in [0.25, 0.3) is 0 Å². The van der Waals surface area contributed by atoms with Crippen LogP contribution < -0.4 is 0 Å². The Kier molecular flexibility index (Phi) is 2.88. The van der Waals surface area contributed by atoms with Crippen LogP contribution in [0.1, 0.15) is 23.4 Å². The van der Waals surface area contributed by atoms with E-state index in [0.29, 0.717) is 0 Å². The summed E-state index contributed by atoms with van der Waals surface area (Å²) >= 11 is 0. The predicted molar refractivity (Wildman–Crippen MR) is 39.8 cm³/mol. The summed E-state index contributed by atoms with van der Waals surface area (Å²) in [5.74, 6) is 0. The van der Waals surface area contributed by atoms with Crippen LogP contribution in [0.15, 0.2) is 12.1 Å². The largest absolute Gasteiger partial charge is 0.392 e. The fraction of sp³-hybridized carbons (Fsp3) is 0.250. The summed E-state index contributed by atoms with van der Waals surface area (Å²) in [6, 6.07) is 3.99. The van der Waals surface area contributed by atoms with Gasteiger partial charge < -0.3 is 5.11 Å². The summed E-state index contributed by atoms with van der Waals surface area (Å²) in [7, 11) is 0. The Hall–Kier alpha value is -1.54. The first-order chi connectivity index (χ1) is 6.17. The minimum Gasteiger partial charge on any atom is -0.392 e. The van der Waals surface area contributed by atoms with Crippen molar-refractivity contribution in [1.29, 1.82) is 5.26 Å². The number of rotatable bonds is 2. The normalized spacial score (nSPS) is 10.1. The van der Waals surface area contributed by atoms with Gasteiger partial charge in [-0.3, -0.25) is 0 Å². The third kappa shape index (κ3) is 2.20. The van der Waals surface area contributed by atoms with E-state index in [2.05, 4.69) is 4.98 Å². The van der Waals surface area contributed by atoms with Crippen molar-refractivity contribution in [3.8, 4) is 6.07 Å². The lowest BCUT2D eigenvalue weighted by Crippen LogP contribution is -1.96. The highest BCUT2D eigenvalue weighted by molar-refractivity contribution is 5.28.